The number of alkyl halides is 3. The number of hydrogen-bond donors (Lipinski definition) is 3. The van der Waals surface area contributed by atoms with Crippen LogP contribution in [0.3, 0.4) is 0 Å². The number of hydrogen-bond acceptors (Lipinski definition) is 5. The molecule has 2 aromatic carbocycles. The highest BCUT2D eigenvalue weighted by Gasteiger charge is 2.32. The molecule has 0 saturated heterocycles. The molecule has 1 aliphatic carbocycles. The predicted molar refractivity (Wildman–Crippen MR) is 151 cm³/mol. The third-order valence-electron chi connectivity index (χ3n) is 6.90. The molecule has 0 bridgehead atoms. The Bertz CT molecular complexity index is 1800. The van der Waals surface area contributed by atoms with Crippen LogP contribution in [0.2, 0.25) is 0 Å². The van der Waals surface area contributed by atoms with Gasteiger partial charge in [-0.1, -0.05) is 36.8 Å². The number of halogens is 3. The summed E-state index contributed by atoms with van der Waals surface area (Å²) in [5.41, 5.74) is 2.25. The first-order valence-electron chi connectivity index (χ1n) is 12.8. The molecule has 0 amide bonds. The molecule has 41 heavy (non-hydrogen) atoms. The first-order chi connectivity index (χ1) is 19.3. The van der Waals surface area contributed by atoms with Crippen LogP contribution in [0.15, 0.2) is 71.2 Å². The number of allylic oxidation sites excluding steroid dienone is 4. The van der Waals surface area contributed by atoms with Gasteiger partial charge in [-0.2, -0.15) is 13.2 Å². The minimum absolute atomic E-state index is 0.0352. The van der Waals surface area contributed by atoms with Gasteiger partial charge in [0.15, 0.2) is 11.6 Å². The van der Waals surface area contributed by atoms with Gasteiger partial charge >= 0.3 is 12.1 Å². The van der Waals surface area contributed by atoms with Crippen molar-refractivity contribution in [2.75, 3.05) is 0 Å². The molecular weight excluding hydrogens is 535 g/mol. The molecule has 5 rings (SSSR count). The van der Waals surface area contributed by atoms with Crippen molar-refractivity contribution in [1.82, 2.24) is 9.55 Å². The third kappa shape index (κ3) is 5.32. The molecule has 210 valence electrons. The topological polar surface area (TPSA) is 108 Å². The summed E-state index contributed by atoms with van der Waals surface area (Å²) in [4.78, 5) is 20.0. The Balaban J connectivity index is 1.67. The van der Waals surface area contributed by atoms with Crippen molar-refractivity contribution in [3.63, 3.8) is 0 Å². The van der Waals surface area contributed by atoms with Gasteiger partial charge in [-0.05, 0) is 68.2 Å². The lowest BCUT2D eigenvalue weighted by atomic mass is 9.95. The highest BCUT2D eigenvalue weighted by molar-refractivity contribution is 6.05. The van der Waals surface area contributed by atoms with Gasteiger partial charge < -0.3 is 15.3 Å². The van der Waals surface area contributed by atoms with Crippen LogP contribution in [-0.4, -0.2) is 37.1 Å². The molecule has 0 fully saturated rings. The normalized spacial score (nSPS) is 15.8. The number of carboxylic acids is 1. The Hall–Kier alpha value is -4.86. The van der Waals surface area contributed by atoms with Crippen LogP contribution in [0.5, 0.6) is 11.6 Å². The molecule has 2 heterocycles. The van der Waals surface area contributed by atoms with Crippen LogP contribution in [0.1, 0.15) is 47.4 Å². The molecule has 10 heteroatoms. The number of carbonyl (C=O) groups is 1. The van der Waals surface area contributed by atoms with E-state index in [9.17, 15) is 33.3 Å². The molecule has 1 unspecified atom stereocenters. The summed E-state index contributed by atoms with van der Waals surface area (Å²) in [6.07, 6.45) is 1.18. The van der Waals surface area contributed by atoms with Crippen LogP contribution >= 0.6 is 0 Å². The number of pyridine rings is 1. The number of aromatic hydroxyl groups is 2. The number of nitrogens with zero attached hydrogens (tertiary/aromatic N) is 3. The van der Waals surface area contributed by atoms with Crippen molar-refractivity contribution in [1.29, 1.82) is 0 Å². The number of rotatable bonds is 5. The lowest BCUT2D eigenvalue weighted by Crippen LogP contribution is -2.06. The highest BCUT2D eigenvalue weighted by Crippen LogP contribution is 2.41. The SMILES string of the molecule is CC1=CC(n2c(O)c(C=Nc3nc(C)cc(-c4cccc(C(=O)O)c4)c3O)c3ccc(C(F)(F)F)cc32)=CC(C)C1. The van der Waals surface area contributed by atoms with Crippen molar-refractivity contribution in [2.45, 2.75) is 33.4 Å². The fourth-order valence-corrected chi connectivity index (χ4v) is 5.13. The Morgan fingerprint density at radius 3 is 2.56 bits per heavy atom. The Labute approximate surface area is 233 Å². The number of aliphatic imine (C=N–C) groups is 1. The Morgan fingerprint density at radius 2 is 1.88 bits per heavy atom. The molecule has 3 N–H and O–H groups in total. The summed E-state index contributed by atoms with van der Waals surface area (Å²) < 4.78 is 42.3. The summed E-state index contributed by atoms with van der Waals surface area (Å²) in [5, 5.41) is 32.0. The Kier molecular flexibility index (Phi) is 6.94. The standard InChI is InChI=1S/C31H26F3N3O4/c1-16-9-17(2)11-22(10-16)37-26-14-21(31(32,33)34)7-8-23(26)25(29(37)39)15-35-28-27(38)24(12-18(3)36-28)19-5-4-6-20(13-19)30(40)41/h4-8,10-16,38-39H,9H2,1-3H3,(H,40,41). The number of carboxylic acid groups (broad SMARTS) is 1. The van der Waals surface area contributed by atoms with E-state index >= 15 is 0 Å². The largest absolute Gasteiger partial charge is 0.504 e. The van der Waals surface area contributed by atoms with Crippen molar-refractivity contribution < 1.29 is 33.3 Å². The summed E-state index contributed by atoms with van der Waals surface area (Å²) in [5.74, 6) is -1.74. The van der Waals surface area contributed by atoms with E-state index in [-0.39, 0.29) is 40.0 Å². The number of fused-ring (bicyclic) bond motifs is 1. The highest BCUT2D eigenvalue weighted by atomic mass is 19.4. The zero-order chi connectivity index (χ0) is 29.6. The van der Waals surface area contributed by atoms with Gasteiger partial charge in [-0.3, -0.25) is 4.57 Å². The van der Waals surface area contributed by atoms with Crippen molar-refractivity contribution >= 4 is 34.6 Å². The van der Waals surface area contributed by atoms with Crippen molar-refractivity contribution in [3.05, 3.63) is 88.6 Å². The van der Waals surface area contributed by atoms with Crippen molar-refractivity contribution in [2.24, 2.45) is 10.9 Å². The maximum atomic E-state index is 13.6. The predicted octanol–water partition coefficient (Wildman–Crippen LogP) is 7.72. The lowest BCUT2D eigenvalue weighted by molar-refractivity contribution is -0.137. The quantitative estimate of drug-likeness (QED) is 0.216. The summed E-state index contributed by atoms with van der Waals surface area (Å²) in [6.45, 7) is 5.58. The molecular formula is C31H26F3N3O4. The zero-order valence-corrected chi connectivity index (χ0v) is 22.4. The molecule has 0 saturated carbocycles. The second-order valence-electron chi connectivity index (χ2n) is 10.2. The number of aromatic nitrogens is 2. The summed E-state index contributed by atoms with van der Waals surface area (Å²) >= 11 is 0. The molecule has 0 aliphatic heterocycles. The van der Waals surface area contributed by atoms with Gasteiger partial charge in [0.25, 0.3) is 0 Å². The van der Waals surface area contributed by atoms with E-state index in [1.165, 1.54) is 29.0 Å². The number of benzene rings is 2. The molecule has 1 atom stereocenters. The zero-order valence-electron chi connectivity index (χ0n) is 22.4. The van der Waals surface area contributed by atoms with Crippen LogP contribution in [-0.2, 0) is 6.18 Å². The van der Waals surface area contributed by atoms with Crippen LogP contribution in [0.25, 0.3) is 27.7 Å². The van der Waals surface area contributed by atoms with Crippen molar-refractivity contribution in [3.8, 4) is 22.8 Å². The molecule has 4 aromatic rings. The summed E-state index contributed by atoms with van der Waals surface area (Å²) in [7, 11) is 0. The molecule has 2 aromatic heterocycles. The first kappa shape index (κ1) is 27.7. The van der Waals surface area contributed by atoms with Crippen LogP contribution in [0, 0.1) is 12.8 Å². The van der Waals surface area contributed by atoms with E-state index in [1.807, 2.05) is 26.0 Å². The average Bonchev–Trinajstić information content (AvgIpc) is 3.18. The molecule has 7 nitrogen and oxygen atoms in total. The third-order valence-corrected chi connectivity index (χ3v) is 6.90. The number of aryl methyl sites for hydroxylation is 1. The van der Waals surface area contributed by atoms with E-state index in [0.29, 0.717) is 27.9 Å². The van der Waals surface area contributed by atoms with Gasteiger partial charge in [0.2, 0.25) is 5.88 Å². The fraction of sp³-hybridized carbons (Fsp3) is 0.194. The average molecular weight is 562 g/mol. The maximum Gasteiger partial charge on any atom is 0.416 e. The second-order valence-corrected chi connectivity index (χ2v) is 10.2. The molecule has 0 spiro atoms. The smallest absolute Gasteiger partial charge is 0.416 e. The first-order valence-corrected chi connectivity index (χ1v) is 12.8. The minimum atomic E-state index is -4.58. The summed E-state index contributed by atoms with van der Waals surface area (Å²) in [6, 6.07) is 10.8. The molecule has 1 aliphatic rings. The van der Waals surface area contributed by atoms with E-state index in [4.69, 9.17) is 0 Å². The van der Waals surface area contributed by atoms with E-state index in [1.54, 1.807) is 25.1 Å². The van der Waals surface area contributed by atoms with Crippen LogP contribution < -0.4 is 0 Å². The van der Waals surface area contributed by atoms with Gasteiger partial charge in [0, 0.05) is 28.6 Å². The lowest BCUT2D eigenvalue weighted by Gasteiger charge is -2.19. The number of aromatic carboxylic acids is 1. The van der Waals surface area contributed by atoms with E-state index < -0.39 is 17.7 Å². The maximum absolute atomic E-state index is 13.6. The second kappa shape index (κ2) is 10.3. The fourth-order valence-electron chi connectivity index (χ4n) is 5.13. The molecule has 0 radical (unpaired) electrons. The Morgan fingerprint density at radius 1 is 1.12 bits per heavy atom. The van der Waals surface area contributed by atoms with E-state index in [2.05, 4.69) is 9.98 Å². The van der Waals surface area contributed by atoms with Gasteiger partial charge in [0.1, 0.15) is 0 Å². The minimum Gasteiger partial charge on any atom is -0.504 e. The monoisotopic (exact) mass is 561 g/mol. The van der Waals surface area contributed by atoms with Gasteiger partial charge in [-0.25, -0.2) is 14.8 Å². The van der Waals surface area contributed by atoms with Gasteiger partial charge in [-0.15, -0.1) is 0 Å². The van der Waals surface area contributed by atoms with Crippen LogP contribution in [0.4, 0.5) is 19.0 Å². The van der Waals surface area contributed by atoms with E-state index in [0.717, 1.165) is 24.1 Å². The van der Waals surface area contributed by atoms with Gasteiger partial charge in [0.05, 0.1) is 22.2 Å².